The second-order valence-corrected chi connectivity index (χ2v) is 5.89. The molecule has 2 N–H and O–H groups in total. The molecule has 0 amide bonds. The fourth-order valence-electron chi connectivity index (χ4n) is 3.19. The van der Waals surface area contributed by atoms with Crippen molar-refractivity contribution in [3.63, 3.8) is 0 Å². The highest BCUT2D eigenvalue weighted by molar-refractivity contribution is 5.49. The van der Waals surface area contributed by atoms with Crippen LogP contribution in [0.15, 0.2) is 30.3 Å². The van der Waals surface area contributed by atoms with Crippen LogP contribution >= 0.6 is 0 Å². The number of methoxy groups -OCH3 is 2. The summed E-state index contributed by atoms with van der Waals surface area (Å²) in [6.07, 6.45) is 0.909. The Balaban J connectivity index is 2.04. The number of hydrogen-bond acceptors (Lipinski definition) is 5. The number of rotatable bonds is 4. The zero-order valence-electron chi connectivity index (χ0n) is 16.7. The third-order valence-electron chi connectivity index (χ3n) is 4.47. The Labute approximate surface area is 146 Å². The van der Waals surface area contributed by atoms with Crippen molar-refractivity contribution < 1.29 is 23.8 Å². The van der Waals surface area contributed by atoms with Gasteiger partial charge in [0.25, 0.3) is 0 Å². The number of phenolic OH excluding ortho intramolecular Hbond substituents is 2. The minimum absolute atomic E-state index is 0.00903. The van der Waals surface area contributed by atoms with E-state index < -0.39 is 13.0 Å². The van der Waals surface area contributed by atoms with Crippen molar-refractivity contribution in [3.8, 4) is 23.0 Å². The van der Waals surface area contributed by atoms with Crippen LogP contribution in [0.5, 0.6) is 23.0 Å². The number of hydrogen-bond donors (Lipinski definition) is 2. The van der Waals surface area contributed by atoms with Crippen LogP contribution in [-0.4, -0.2) is 42.9 Å². The maximum absolute atomic E-state index is 10.1. The zero-order chi connectivity index (χ0) is 19.8. The van der Waals surface area contributed by atoms with Crippen LogP contribution in [0, 0.1) is 0 Å². The lowest BCUT2D eigenvalue weighted by Crippen LogP contribution is -2.33. The van der Waals surface area contributed by atoms with E-state index in [0.29, 0.717) is 30.9 Å². The molecule has 0 aromatic heterocycles. The Kier molecular flexibility index (Phi) is 3.57. The van der Waals surface area contributed by atoms with Gasteiger partial charge in [-0.1, -0.05) is 6.07 Å². The predicted octanol–water partition coefficient (Wildman–Crippen LogP) is 2.89. The topological polar surface area (TPSA) is 62.2 Å². The molecule has 1 aliphatic heterocycles. The van der Waals surface area contributed by atoms with E-state index in [0.717, 1.165) is 16.7 Å². The summed E-state index contributed by atoms with van der Waals surface area (Å²) in [5.41, 5.74) is 2.49. The summed E-state index contributed by atoms with van der Waals surface area (Å²) >= 11 is 0. The predicted molar refractivity (Wildman–Crippen MR) is 92.1 cm³/mol. The Morgan fingerprint density at radius 3 is 2.54 bits per heavy atom. The highest BCUT2D eigenvalue weighted by atomic mass is 16.5. The van der Waals surface area contributed by atoms with Gasteiger partial charge in [-0.3, -0.25) is 4.90 Å². The molecule has 1 aliphatic rings. The van der Waals surface area contributed by atoms with Crippen molar-refractivity contribution in [1.82, 2.24) is 4.90 Å². The number of ether oxygens (including phenoxy) is 2. The third-order valence-corrected chi connectivity index (χ3v) is 4.47. The number of aromatic hydroxyl groups is 2. The molecular weight excluding hydrogens is 306 g/mol. The van der Waals surface area contributed by atoms with Crippen LogP contribution < -0.4 is 9.47 Å². The maximum atomic E-state index is 10.1. The summed E-state index contributed by atoms with van der Waals surface area (Å²) < 4.78 is 34.0. The van der Waals surface area contributed by atoms with Crippen molar-refractivity contribution in [1.29, 1.82) is 0 Å². The van der Waals surface area contributed by atoms with Gasteiger partial charge in [0.2, 0.25) is 0 Å². The van der Waals surface area contributed by atoms with Gasteiger partial charge in [-0.25, -0.2) is 0 Å². The molecule has 0 fully saturated rings. The highest BCUT2D eigenvalue weighted by Gasteiger charge is 2.27. The SMILES string of the molecule is [2H]C([2H])([2H])N1CCc2cc(O)c(OC)cc2C1Cc1ccc(OC)c(O)c1. The smallest absolute Gasteiger partial charge is 0.160 e. The van der Waals surface area contributed by atoms with Crippen LogP contribution in [0.2, 0.25) is 0 Å². The maximum Gasteiger partial charge on any atom is 0.160 e. The van der Waals surface area contributed by atoms with Crippen molar-refractivity contribution in [2.75, 3.05) is 27.7 Å². The van der Waals surface area contributed by atoms with Crippen LogP contribution in [-0.2, 0) is 12.8 Å². The fourth-order valence-corrected chi connectivity index (χ4v) is 3.19. The van der Waals surface area contributed by atoms with E-state index in [-0.39, 0.29) is 11.5 Å². The Morgan fingerprint density at radius 2 is 1.88 bits per heavy atom. The van der Waals surface area contributed by atoms with Crippen molar-refractivity contribution >= 4 is 0 Å². The van der Waals surface area contributed by atoms with Gasteiger partial charge in [-0.15, -0.1) is 0 Å². The van der Waals surface area contributed by atoms with Gasteiger partial charge in [0.1, 0.15) is 0 Å². The molecule has 5 nitrogen and oxygen atoms in total. The third kappa shape index (κ3) is 2.99. The van der Waals surface area contributed by atoms with E-state index in [4.69, 9.17) is 13.6 Å². The lowest BCUT2D eigenvalue weighted by molar-refractivity contribution is 0.228. The van der Waals surface area contributed by atoms with Crippen LogP contribution in [0.4, 0.5) is 0 Å². The second-order valence-electron chi connectivity index (χ2n) is 5.89. The summed E-state index contributed by atoms with van der Waals surface area (Å²) in [4.78, 5) is 1.48. The van der Waals surface area contributed by atoms with Crippen LogP contribution in [0.1, 0.15) is 26.8 Å². The molecule has 3 rings (SSSR count). The van der Waals surface area contributed by atoms with E-state index >= 15 is 0 Å². The molecule has 0 saturated heterocycles. The molecule has 24 heavy (non-hydrogen) atoms. The van der Waals surface area contributed by atoms with E-state index in [9.17, 15) is 10.2 Å². The summed E-state index contributed by atoms with van der Waals surface area (Å²) in [6.45, 7) is -1.91. The summed E-state index contributed by atoms with van der Waals surface area (Å²) in [5, 5.41) is 20.1. The first-order valence-electron chi connectivity index (χ1n) is 9.27. The molecule has 1 atom stereocenters. The molecular formula is C19H23NO4. The lowest BCUT2D eigenvalue weighted by Gasteiger charge is -2.35. The van der Waals surface area contributed by atoms with Gasteiger partial charge in [-0.2, -0.15) is 0 Å². The van der Waals surface area contributed by atoms with Crippen LogP contribution in [0.25, 0.3) is 0 Å². The second kappa shape index (κ2) is 6.61. The van der Waals surface area contributed by atoms with Gasteiger partial charge in [-0.05, 0) is 60.8 Å². The van der Waals surface area contributed by atoms with Gasteiger partial charge in [0.05, 0.1) is 14.2 Å². The van der Waals surface area contributed by atoms with E-state index in [1.807, 2.05) is 6.07 Å². The molecule has 0 bridgehead atoms. The molecule has 0 spiro atoms. The van der Waals surface area contributed by atoms with Gasteiger partial charge >= 0.3 is 0 Å². The molecule has 1 unspecified atom stereocenters. The lowest BCUT2D eigenvalue weighted by atomic mass is 9.88. The van der Waals surface area contributed by atoms with Crippen molar-refractivity contribution in [3.05, 3.63) is 47.0 Å². The monoisotopic (exact) mass is 332 g/mol. The number of nitrogens with zero attached hydrogens (tertiary/aromatic N) is 1. The molecule has 2 aromatic carbocycles. The molecule has 0 radical (unpaired) electrons. The molecule has 128 valence electrons. The summed E-state index contributed by atoms with van der Waals surface area (Å²) in [7, 11) is 2.93. The van der Waals surface area contributed by atoms with Crippen molar-refractivity contribution in [2.24, 2.45) is 0 Å². The normalized spacial score (nSPS) is 19.8. The van der Waals surface area contributed by atoms with Crippen molar-refractivity contribution in [2.45, 2.75) is 18.9 Å². The number of phenols is 2. The fraction of sp³-hybridized carbons (Fsp3) is 0.368. The quantitative estimate of drug-likeness (QED) is 0.901. The first-order valence-corrected chi connectivity index (χ1v) is 7.77. The van der Waals surface area contributed by atoms with E-state index in [2.05, 4.69) is 0 Å². The average Bonchev–Trinajstić information content (AvgIpc) is 2.60. The molecule has 1 heterocycles. The number of benzene rings is 2. The Bertz CT molecular complexity index is 838. The van der Waals surface area contributed by atoms with Crippen LogP contribution in [0.3, 0.4) is 0 Å². The number of fused-ring (bicyclic) bond motifs is 1. The Morgan fingerprint density at radius 1 is 1.12 bits per heavy atom. The zero-order valence-corrected chi connectivity index (χ0v) is 13.7. The standard InChI is InChI=1S/C19H23NO4/c1-20-7-6-13-10-17(22)19(24-3)11-14(13)15(20)8-12-4-5-18(23-2)16(21)9-12/h4-5,9-11,15,21-22H,6-8H2,1-3H3/i1D3. The first-order chi connectivity index (χ1) is 12.7. The molecule has 0 saturated carbocycles. The first kappa shape index (κ1) is 13.0. The Hall–Kier alpha value is -2.40. The van der Waals surface area contributed by atoms with E-state index in [1.54, 1.807) is 24.3 Å². The van der Waals surface area contributed by atoms with Gasteiger partial charge in [0.15, 0.2) is 23.0 Å². The molecule has 0 aliphatic carbocycles. The average molecular weight is 332 g/mol. The van der Waals surface area contributed by atoms with E-state index in [1.165, 1.54) is 19.1 Å². The minimum Gasteiger partial charge on any atom is -0.504 e. The minimum atomic E-state index is -2.26. The van der Waals surface area contributed by atoms with Gasteiger partial charge < -0.3 is 19.7 Å². The highest BCUT2D eigenvalue weighted by Crippen LogP contribution is 2.39. The van der Waals surface area contributed by atoms with Gasteiger partial charge in [0, 0.05) is 16.7 Å². The summed E-state index contributed by atoms with van der Waals surface area (Å²) in [6, 6.07) is 7.96. The summed E-state index contributed by atoms with van der Waals surface area (Å²) in [5.74, 6) is 0.722. The molecule has 5 heteroatoms. The number of likely N-dealkylation sites (N-methyl/N-ethyl adjacent to an activating group) is 1. The molecule has 2 aromatic rings. The largest absolute Gasteiger partial charge is 0.504 e.